The monoisotopic (exact) mass is 352 g/mol. The Labute approximate surface area is 150 Å². The molecule has 1 aromatic heterocycles. The molecular weight excluding hydrogens is 336 g/mol. The van der Waals surface area contributed by atoms with Crippen LogP contribution in [0, 0.1) is 0 Å². The number of benzene rings is 2. The van der Waals surface area contributed by atoms with Gasteiger partial charge in [-0.25, -0.2) is 4.68 Å². The molecule has 0 bridgehead atoms. The van der Waals surface area contributed by atoms with Crippen LogP contribution in [0.3, 0.4) is 0 Å². The highest BCUT2D eigenvalue weighted by Gasteiger charge is 2.45. The Morgan fingerprint density at radius 2 is 1.84 bits per heavy atom. The Hall–Kier alpha value is -2.66. The minimum absolute atomic E-state index is 0.202. The third-order valence-electron chi connectivity index (χ3n) is 4.49. The number of nitrogens with one attached hydrogen (secondary N) is 1. The third kappa shape index (κ3) is 3.28. The average Bonchev–Trinajstić information content (AvgIpc) is 3.26. The highest BCUT2D eigenvalue weighted by Crippen LogP contribution is 2.45. The fraction of sp³-hybridized carbons (Fsp3) is 0.211. The summed E-state index contributed by atoms with van der Waals surface area (Å²) >= 11 is 6.17. The molecular formula is C19H17ClN4O. The molecule has 25 heavy (non-hydrogen) atoms. The van der Waals surface area contributed by atoms with E-state index in [1.807, 2.05) is 54.6 Å². The lowest BCUT2D eigenvalue weighted by atomic mass is 10.1. The topological polar surface area (TPSA) is 59.8 Å². The SMILES string of the molecule is O=C(NC1(c2ccccc2)CC1)c1cn(Cc2ccccc2Cl)nn1. The highest BCUT2D eigenvalue weighted by molar-refractivity contribution is 6.31. The van der Waals surface area contributed by atoms with Gasteiger partial charge < -0.3 is 5.32 Å². The summed E-state index contributed by atoms with van der Waals surface area (Å²) in [5.41, 5.74) is 2.12. The van der Waals surface area contributed by atoms with Crippen LogP contribution in [0.4, 0.5) is 0 Å². The second kappa shape index (κ2) is 6.33. The van der Waals surface area contributed by atoms with Crippen molar-refractivity contribution in [2.75, 3.05) is 0 Å². The van der Waals surface area contributed by atoms with Gasteiger partial charge in [-0.3, -0.25) is 4.79 Å². The molecule has 1 saturated carbocycles. The zero-order valence-corrected chi connectivity index (χ0v) is 14.3. The van der Waals surface area contributed by atoms with Gasteiger partial charge in [-0.05, 0) is 30.0 Å². The predicted molar refractivity (Wildman–Crippen MR) is 95.4 cm³/mol. The number of rotatable bonds is 5. The van der Waals surface area contributed by atoms with E-state index in [-0.39, 0.29) is 11.4 Å². The minimum Gasteiger partial charge on any atom is -0.341 e. The van der Waals surface area contributed by atoms with Crippen molar-refractivity contribution >= 4 is 17.5 Å². The predicted octanol–water partition coefficient (Wildman–Crippen LogP) is 3.40. The second-order valence-corrected chi connectivity index (χ2v) is 6.70. The van der Waals surface area contributed by atoms with Gasteiger partial charge in [-0.15, -0.1) is 5.10 Å². The van der Waals surface area contributed by atoms with Gasteiger partial charge in [-0.1, -0.05) is 65.3 Å². The summed E-state index contributed by atoms with van der Waals surface area (Å²) in [6.45, 7) is 0.476. The molecule has 1 aliphatic carbocycles. The molecule has 1 heterocycles. The summed E-state index contributed by atoms with van der Waals surface area (Å²) in [4.78, 5) is 12.6. The highest BCUT2D eigenvalue weighted by atomic mass is 35.5. The lowest BCUT2D eigenvalue weighted by Gasteiger charge is -2.16. The summed E-state index contributed by atoms with van der Waals surface area (Å²) < 4.78 is 1.62. The summed E-state index contributed by atoms with van der Waals surface area (Å²) in [6.07, 6.45) is 3.53. The summed E-state index contributed by atoms with van der Waals surface area (Å²) in [5, 5.41) is 11.8. The van der Waals surface area contributed by atoms with Gasteiger partial charge in [0.2, 0.25) is 0 Å². The Balaban J connectivity index is 1.47. The van der Waals surface area contributed by atoms with Crippen LogP contribution < -0.4 is 5.32 Å². The number of carbonyl (C=O) groups excluding carboxylic acids is 1. The number of amides is 1. The first-order chi connectivity index (χ1) is 12.2. The van der Waals surface area contributed by atoms with Gasteiger partial charge in [-0.2, -0.15) is 0 Å². The van der Waals surface area contributed by atoms with Crippen molar-refractivity contribution in [1.82, 2.24) is 20.3 Å². The van der Waals surface area contributed by atoms with Crippen LogP contribution in [0.25, 0.3) is 0 Å². The Bertz CT molecular complexity index is 903. The smallest absolute Gasteiger partial charge is 0.274 e. The fourth-order valence-electron chi connectivity index (χ4n) is 2.93. The standard InChI is InChI=1S/C19H17ClN4O/c20-16-9-5-4-6-14(16)12-24-13-17(22-23-24)18(25)21-19(10-11-19)15-7-2-1-3-8-15/h1-9,13H,10-12H2,(H,21,25). The van der Waals surface area contributed by atoms with Gasteiger partial charge in [0, 0.05) is 5.02 Å². The van der Waals surface area contributed by atoms with Crippen molar-refractivity contribution in [2.24, 2.45) is 0 Å². The van der Waals surface area contributed by atoms with Gasteiger partial charge in [0.1, 0.15) is 0 Å². The largest absolute Gasteiger partial charge is 0.341 e. The third-order valence-corrected chi connectivity index (χ3v) is 4.86. The van der Waals surface area contributed by atoms with Crippen molar-refractivity contribution in [3.05, 3.63) is 82.6 Å². The van der Waals surface area contributed by atoms with Gasteiger partial charge in [0.25, 0.3) is 5.91 Å². The first-order valence-corrected chi connectivity index (χ1v) is 8.56. The quantitative estimate of drug-likeness (QED) is 0.765. The molecule has 1 aliphatic rings. The Morgan fingerprint density at radius 3 is 2.56 bits per heavy atom. The molecule has 3 aromatic rings. The zero-order valence-electron chi connectivity index (χ0n) is 13.5. The van der Waals surface area contributed by atoms with E-state index in [0.29, 0.717) is 17.3 Å². The van der Waals surface area contributed by atoms with Crippen LogP contribution in [0.1, 0.15) is 34.5 Å². The molecule has 0 unspecified atom stereocenters. The van der Waals surface area contributed by atoms with Crippen LogP contribution in [0.2, 0.25) is 5.02 Å². The number of hydrogen-bond donors (Lipinski definition) is 1. The summed E-state index contributed by atoms with van der Waals surface area (Å²) in [5.74, 6) is -0.202. The van der Waals surface area contributed by atoms with Gasteiger partial charge >= 0.3 is 0 Å². The maximum Gasteiger partial charge on any atom is 0.274 e. The fourth-order valence-corrected chi connectivity index (χ4v) is 3.13. The minimum atomic E-state index is -0.259. The van der Waals surface area contributed by atoms with E-state index >= 15 is 0 Å². The van der Waals surface area contributed by atoms with Crippen LogP contribution in [-0.2, 0) is 12.1 Å². The van der Waals surface area contributed by atoms with E-state index in [2.05, 4.69) is 15.6 Å². The molecule has 0 saturated heterocycles. The molecule has 1 amide bonds. The number of carbonyl (C=O) groups is 1. The number of halogens is 1. The van der Waals surface area contributed by atoms with E-state index in [1.165, 1.54) is 0 Å². The van der Waals surface area contributed by atoms with Crippen molar-refractivity contribution in [2.45, 2.75) is 24.9 Å². The van der Waals surface area contributed by atoms with Crippen LogP contribution in [0.15, 0.2) is 60.8 Å². The van der Waals surface area contributed by atoms with Crippen molar-refractivity contribution in [1.29, 1.82) is 0 Å². The number of hydrogen-bond acceptors (Lipinski definition) is 3. The number of nitrogens with zero attached hydrogens (tertiary/aromatic N) is 3. The molecule has 1 N–H and O–H groups in total. The number of aromatic nitrogens is 3. The molecule has 6 heteroatoms. The molecule has 0 atom stereocenters. The van der Waals surface area contributed by atoms with Crippen LogP contribution >= 0.6 is 11.6 Å². The molecule has 0 spiro atoms. The second-order valence-electron chi connectivity index (χ2n) is 6.30. The normalized spacial score (nSPS) is 14.9. The first-order valence-electron chi connectivity index (χ1n) is 8.18. The molecule has 1 fully saturated rings. The van der Waals surface area contributed by atoms with Gasteiger partial charge in [0.05, 0.1) is 18.3 Å². The zero-order chi connectivity index (χ0) is 17.3. The molecule has 5 nitrogen and oxygen atoms in total. The summed E-state index contributed by atoms with van der Waals surface area (Å²) in [7, 11) is 0. The maximum atomic E-state index is 12.6. The first kappa shape index (κ1) is 15.8. The van der Waals surface area contributed by atoms with Crippen molar-refractivity contribution in [3.8, 4) is 0 Å². The Kier molecular flexibility index (Phi) is 4.01. The lowest BCUT2D eigenvalue weighted by Crippen LogP contribution is -2.35. The van der Waals surface area contributed by atoms with E-state index in [4.69, 9.17) is 11.6 Å². The molecule has 126 valence electrons. The Morgan fingerprint density at radius 1 is 1.12 bits per heavy atom. The van der Waals surface area contributed by atoms with Crippen LogP contribution in [0.5, 0.6) is 0 Å². The molecule has 0 radical (unpaired) electrons. The molecule has 2 aromatic carbocycles. The van der Waals surface area contributed by atoms with E-state index < -0.39 is 0 Å². The molecule has 4 rings (SSSR count). The van der Waals surface area contributed by atoms with Crippen molar-refractivity contribution < 1.29 is 4.79 Å². The van der Waals surface area contributed by atoms with Gasteiger partial charge in [0.15, 0.2) is 5.69 Å². The maximum absolute atomic E-state index is 12.6. The summed E-state index contributed by atoms with van der Waals surface area (Å²) in [6, 6.07) is 17.6. The van der Waals surface area contributed by atoms with E-state index in [9.17, 15) is 4.79 Å². The van der Waals surface area contributed by atoms with Crippen molar-refractivity contribution in [3.63, 3.8) is 0 Å². The molecule has 0 aliphatic heterocycles. The lowest BCUT2D eigenvalue weighted by molar-refractivity contribution is 0.0925. The average molecular weight is 353 g/mol. The van der Waals surface area contributed by atoms with E-state index in [0.717, 1.165) is 24.0 Å². The van der Waals surface area contributed by atoms with Crippen LogP contribution in [-0.4, -0.2) is 20.9 Å². The van der Waals surface area contributed by atoms with E-state index in [1.54, 1.807) is 10.9 Å².